The van der Waals surface area contributed by atoms with Crippen molar-refractivity contribution in [1.82, 2.24) is 4.90 Å². The summed E-state index contributed by atoms with van der Waals surface area (Å²) in [5.41, 5.74) is 0. The smallest absolute Gasteiger partial charge is 0.326 e. The zero-order valence-corrected chi connectivity index (χ0v) is 15.4. The quantitative estimate of drug-likeness (QED) is 0.530. The highest BCUT2D eigenvalue weighted by atomic mass is 79.9. The fraction of sp³-hybridized carbons (Fsp3) is 0.800. The average Bonchev–Trinajstić information content (AvgIpc) is 3.06. The van der Waals surface area contributed by atoms with Crippen LogP contribution in [-0.4, -0.2) is 43.5 Å². The number of likely N-dealkylation sites (tertiary alicyclic amines) is 1. The minimum Gasteiger partial charge on any atom is -0.480 e. The van der Waals surface area contributed by atoms with Crippen LogP contribution in [-0.2, 0) is 14.4 Å². The van der Waals surface area contributed by atoms with E-state index in [-0.39, 0.29) is 45.1 Å². The first-order chi connectivity index (χ1) is 10.4. The molecule has 0 aromatic heterocycles. The number of aliphatic carboxylic acids is 1. The third-order valence-corrected chi connectivity index (χ3v) is 8.66. The number of hydrogen-bond acceptors (Lipinski definition) is 3. The highest BCUT2D eigenvalue weighted by Gasteiger charge is 2.67. The Morgan fingerprint density at radius 1 is 1.23 bits per heavy atom. The summed E-state index contributed by atoms with van der Waals surface area (Å²) in [6, 6.07) is -1.01. The Balaban J connectivity index is 1.88. The highest BCUT2D eigenvalue weighted by Crippen LogP contribution is 2.60. The molecule has 0 spiro atoms. The molecule has 2 amide bonds. The number of carboxylic acid groups (broad SMARTS) is 1. The fourth-order valence-electron chi connectivity index (χ4n) is 4.44. The van der Waals surface area contributed by atoms with E-state index in [1.54, 1.807) is 0 Å². The molecular formula is C15H19Br2NO4. The molecule has 1 heterocycles. The van der Waals surface area contributed by atoms with E-state index >= 15 is 0 Å². The van der Waals surface area contributed by atoms with Crippen LogP contribution in [0.5, 0.6) is 0 Å². The second-order valence-corrected chi connectivity index (χ2v) is 8.66. The summed E-state index contributed by atoms with van der Waals surface area (Å²) in [5, 5.41) is 9.45. The van der Waals surface area contributed by atoms with Gasteiger partial charge in [-0.15, -0.1) is 0 Å². The van der Waals surface area contributed by atoms with Crippen LogP contribution in [0.2, 0.25) is 0 Å². The van der Waals surface area contributed by atoms with Crippen molar-refractivity contribution in [2.75, 3.05) is 0 Å². The topological polar surface area (TPSA) is 74.7 Å². The molecule has 2 aliphatic carbocycles. The zero-order chi connectivity index (χ0) is 16.2. The Labute approximate surface area is 146 Å². The molecule has 3 aliphatic rings. The number of nitrogens with zero attached hydrogens (tertiary/aromatic N) is 1. The van der Waals surface area contributed by atoms with E-state index in [9.17, 15) is 19.5 Å². The van der Waals surface area contributed by atoms with Gasteiger partial charge in [-0.1, -0.05) is 51.6 Å². The molecule has 5 nitrogen and oxygen atoms in total. The van der Waals surface area contributed by atoms with Crippen molar-refractivity contribution in [2.45, 2.75) is 48.3 Å². The molecule has 3 rings (SSSR count). The van der Waals surface area contributed by atoms with Crippen molar-refractivity contribution >= 4 is 49.6 Å². The average molecular weight is 437 g/mol. The third-order valence-electron chi connectivity index (χ3n) is 5.45. The molecule has 7 heteroatoms. The number of amides is 2. The predicted molar refractivity (Wildman–Crippen MR) is 86.8 cm³/mol. The molecule has 22 heavy (non-hydrogen) atoms. The molecule has 7 atom stereocenters. The van der Waals surface area contributed by atoms with Gasteiger partial charge in [0.15, 0.2) is 0 Å². The van der Waals surface area contributed by atoms with Crippen LogP contribution in [0.1, 0.15) is 32.6 Å². The van der Waals surface area contributed by atoms with Crippen LogP contribution in [0.4, 0.5) is 0 Å². The van der Waals surface area contributed by atoms with Crippen molar-refractivity contribution in [3.63, 3.8) is 0 Å². The standard InChI is InChI=1S/C15H19Br2NO4/c1-2-3-4-8(15(21)22)18-13(19)9-6-5-7(10(9)14(18)20)12(17)11(6)16/h6-12H,2-5H2,1H3,(H,21,22)/t6-,7-,8-,9-,10+,11+,12+/m1/s1. The van der Waals surface area contributed by atoms with Crippen molar-refractivity contribution < 1.29 is 19.5 Å². The second-order valence-electron chi connectivity index (χ2n) is 6.55. The van der Waals surface area contributed by atoms with Gasteiger partial charge in [0.1, 0.15) is 6.04 Å². The van der Waals surface area contributed by atoms with Crippen LogP contribution in [0.25, 0.3) is 0 Å². The lowest BCUT2D eigenvalue weighted by Crippen LogP contribution is -2.46. The molecule has 1 aliphatic heterocycles. The Kier molecular flexibility index (Phi) is 4.40. The number of unbranched alkanes of at least 4 members (excludes halogenated alkanes) is 1. The molecule has 122 valence electrons. The number of halogens is 2. The SMILES string of the molecule is CCCC[C@H](C(=O)O)N1C(=O)[C@@H]2[C@H]3C[C@@H]([C@H](Br)[C@H]3Br)[C@@H]2C1=O. The first-order valence-corrected chi connectivity index (χ1v) is 9.61. The maximum atomic E-state index is 12.8. The van der Waals surface area contributed by atoms with Gasteiger partial charge in [0.2, 0.25) is 11.8 Å². The molecule has 2 bridgehead atoms. The largest absolute Gasteiger partial charge is 0.480 e. The van der Waals surface area contributed by atoms with E-state index in [1.165, 1.54) is 0 Å². The first kappa shape index (κ1) is 16.4. The lowest BCUT2D eigenvalue weighted by Gasteiger charge is -2.28. The number of rotatable bonds is 5. The predicted octanol–water partition coefficient (Wildman–Crippen LogP) is 2.41. The van der Waals surface area contributed by atoms with E-state index < -0.39 is 12.0 Å². The molecule has 1 saturated heterocycles. The van der Waals surface area contributed by atoms with Crippen LogP contribution >= 0.6 is 31.9 Å². The van der Waals surface area contributed by atoms with Gasteiger partial charge in [-0.2, -0.15) is 0 Å². The van der Waals surface area contributed by atoms with Gasteiger partial charge in [-0.25, -0.2) is 4.79 Å². The van der Waals surface area contributed by atoms with Crippen LogP contribution in [0.3, 0.4) is 0 Å². The number of carboxylic acids is 1. The number of carbonyl (C=O) groups excluding carboxylic acids is 2. The van der Waals surface area contributed by atoms with E-state index in [0.29, 0.717) is 12.8 Å². The molecule has 2 saturated carbocycles. The molecule has 3 fully saturated rings. The summed E-state index contributed by atoms with van der Waals surface area (Å²) in [6.07, 6.45) is 2.73. The Bertz CT molecular complexity index is 494. The summed E-state index contributed by atoms with van der Waals surface area (Å²) in [7, 11) is 0. The minimum atomic E-state index is -1.08. The number of imide groups is 1. The van der Waals surface area contributed by atoms with Crippen molar-refractivity contribution in [3.8, 4) is 0 Å². The van der Waals surface area contributed by atoms with E-state index in [1.807, 2.05) is 6.92 Å². The van der Waals surface area contributed by atoms with Gasteiger partial charge in [0, 0.05) is 9.65 Å². The van der Waals surface area contributed by atoms with E-state index in [2.05, 4.69) is 31.9 Å². The Hall–Kier alpha value is -0.430. The zero-order valence-electron chi connectivity index (χ0n) is 12.2. The molecule has 0 unspecified atom stereocenters. The number of carbonyl (C=O) groups is 3. The summed E-state index contributed by atoms with van der Waals surface area (Å²) in [4.78, 5) is 38.5. The summed E-state index contributed by atoms with van der Waals surface area (Å²) < 4.78 is 0. The maximum Gasteiger partial charge on any atom is 0.326 e. The van der Waals surface area contributed by atoms with Crippen LogP contribution < -0.4 is 0 Å². The van der Waals surface area contributed by atoms with Crippen molar-refractivity contribution in [2.24, 2.45) is 23.7 Å². The van der Waals surface area contributed by atoms with Gasteiger partial charge in [0.05, 0.1) is 11.8 Å². The number of hydrogen-bond donors (Lipinski definition) is 1. The second kappa shape index (κ2) is 5.89. The van der Waals surface area contributed by atoms with Gasteiger partial charge >= 0.3 is 5.97 Å². The summed E-state index contributed by atoms with van der Waals surface area (Å²) in [5.74, 6) is -2.03. The van der Waals surface area contributed by atoms with Gasteiger partial charge < -0.3 is 5.11 Å². The van der Waals surface area contributed by atoms with Crippen molar-refractivity contribution in [1.29, 1.82) is 0 Å². The monoisotopic (exact) mass is 435 g/mol. The van der Waals surface area contributed by atoms with E-state index in [4.69, 9.17) is 0 Å². The summed E-state index contributed by atoms with van der Waals surface area (Å²) >= 11 is 7.25. The number of alkyl halides is 2. The van der Waals surface area contributed by atoms with Crippen LogP contribution in [0.15, 0.2) is 0 Å². The summed E-state index contributed by atoms with van der Waals surface area (Å²) in [6.45, 7) is 1.96. The maximum absolute atomic E-state index is 12.8. The molecule has 0 aromatic carbocycles. The van der Waals surface area contributed by atoms with Gasteiger partial charge in [0.25, 0.3) is 0 Å². The molecule has 0 radical (unpaired) electrons. The first-order valence-electron chi connectivity index (χ1n) is 7.78. The van der Waals surface area contributed by atoms with Crippen LogP contribution in [0, 0.1) is 23.7 Å². The van der Waals surface area contributed by atoms with E-state index in [0.717, 1.165) is 17.7 Å². The number of fused-ring (bicyclic) bond motifs is 5. The molecule has 1 N–H and O–H groups in total. The highest BCUT2D eigenvalue weighted by molar-refractivity contribution is 9.12. The van der Waals surface area contributed by atoms with Gasteiger partial charge in [-0.3, -0.25) is 14.5 Å². The van der Waals surface area contributed by atoms with Gasteiger partial charge in [-0.05, 0) is 24.7 Å². The van der Waals surface area contributed by atoms with Crippen molar-refractivity contribution in [3.05, 3.63) is 0 Å². The lowest BCUT2D eigenvalue weighted by atomic mass is 9.81. The lowest BCUT2D eigenvalue weighted by molar-refractivity contribution is -0.155. The molecular weight excluding hydrogens is 418 g/mol. The molecule has 0 aromatic rings. The minimum absolute atomic E-state index is 0.126. The Morgan fingerprint density at radius 3 is 2.14 bits per heavy atom. The fourth-order valence-corrected chi connectivity index (χ4v) is 6.31. The normalized spacial score (nSPS) is 41.1. The third kappa shape index (κ3) is 2.19. The Morgan fingerprint density at radius 2 is 1.73 bits per heavy atom.